The zero-order valence-corrected chi connectivity index (χ0v) is 21.6. The highest BCUT2D eigenvalue weighted by molar-refractivity contribution is 7.99. The van der Waals surface area contributed by atoms with Crippen molar-refractivity contribution in [2.45, 2.75) is 16.2 Å². The first-order valence-electron chi connectivity index (χ1n) is 12.9. The highest BCUT2D eigenvalue weighted by Crippen LogP contribution is 2.49. The standard InChI is InChI=1S/C29H33N5OS/c1-31-21-24-8-7-22(19-25(24)30-31)23-9-10-29-27(20-23)34(26-5-2-3-6-28(26)36-29)12-4-11-32-13-15-33(16-14-32)17-18-35/h2-3,5-10,19-21,35H,4,11-18H2,1H3. The zero-order valence-electron chi connectivity index (χ0n) is 20.8. The van der Waals surface area contributed by atoms with Gasteiger partial charge in [0, 0.05) is 67.7 Å². The van der Waals surface area contributed by atoms with E-state index in [-0.39, 0.29) is 6.61 Å². The van der Waals surface area contributed by atoms with Gasteiger partial charge in [0.2, 0.25) is 0 Å². The van der Waals surface area contributed by atoms with Gasteiger partial charge in [0.25, 0.3) is 0 Å². The summed E-state index contributed by atoms with van der Waals surface area (Å²) < 4.78 is 1.88. The zero-order chi connectivity index (χ0) is 24.5. The third-order valence-electron chi connectivity index (χ3n) is 7.32. The normalized spacial score (nSPS) is 16.3. The Kier molecular flexibility index (Phi) is 6.71. The third-order valence-corrected chi connectivity index (χ3v) is 8.45. The van der Waals surface area contributed by atoms with E-state index < -0.39 is 0 Å². The number of aromatic nitrogens is 2. The van der Waals surface area contributed by atoms with Crippen LogP contribution in [-0.4, -0.2) is 77.1 Å². The molecule has 2 aliphatic rings. The van der Waals surface area contributed by atoms with E-state index in [2.05, 4.69) is 86.7 Å². The maximum absolute atomic E-state index is 9.20. The second-order valence-electron chi connectivity index (χ2n) is 9.74. The molecule has 0 spiro atoms. The number of anilines is 2. The van der Waals surface area contributed by atoms with Crippen LogP contribution in [0.25, 0.3) is 22.0 Å². The summed E-state index contributed by atoms with van der Waals surface area (Å²) in [6.07, 6.45) is 3.18. The Morgan fingerprint density at radius 3 is 2.36 bits per heavy atom. The molecule has 3 aromatic carbocycles. The van der Waals surface area contributed by atoms with Gasteiger partial charge in [-0.05, 0) is 54.4 Å². The van der Waals surface area contributed by atoms with Gasteiger partial charge in [-0.2, -0.15) is 5.10 Å². The van der Waals surface area contributed by atoms with Crippen LogP contribution in [-0.2, 0) is 7.05 Å². The average molecular weight is 500 g/mol. The lowest BCUT2D eigenvalue weighted by Gasteiger charge is -2.36. The molecule has 0 radical (unpaired) electrons. The molecule has 7 heteroatoms. The minimum Gasteiger partial charge on any atom is -0.395 e. The van der Waals surface area contributed by atoms with Crippen molar-refractivity contribution >= 4 is 34.0 Å². The van der Waals surface area contributed by atoms with Gasteiger partial charge in [0.1, 0.15) is 0 Å². The van der Waals surface area contributed by atoms with Gasteiger partial charge >= 0.3 is 0 Å². The molecule has 3 heterocycles. The van der Waals surface area contributed by atoms with Crippen LogP contribution in [0.5, 0.6) is 0 Å². The monoisotopic (exact) mass is 499 g/mol. The van der Waals surface area contributed by atoms with E-state index in [0.717, 1.165) is 57.8 Å². The SMILES string of the molecule is Cn1cc2ccc(-c3ccc4c(c3)N(CCCN3CCN(CCO)CC3)c3ccccc3S4)cc2n1. The maximum Gasteiger partial charge on any atom is 0.0929 e. The molecule has 0 unspecified atom stereocenters. The van der Waals surface area contributed by atoms with Crippen LogP contribution in [0.2, 0.25) is 0 Å². The minimum atomic E-state index is 0.253. The number of hydrogen-bond donors (Lipinski definition) is 1. The van der Waals surface area contributed by atoms with Crippen molar-refractivity contribution in [1.29, 1.82) is 0 Å². The van der Waals surface area contributed by atoms with Crippen molar-refractivity contribution in [1.82, 2.24) is 19.6 Å². The fourth-order valence-corrected chi connectivity index (χ4v) is 6.48. The van der Waals surface area contributed by atoms with Crippen LogP contribution in [0.4, 0.5) is 11.4 Å². The number of aliphatic hydroxyl groups is 1. The number of β-amino-alcohol motifs (C(OH)–C–C–N with tert-alkyl or cyclic N) is 1. The fraction of sp³-hybridized carbons (Fsp3) is 0.345. The average Bonchev–Trinajstić information content (AvgIpc) is 3.28. The second kappa shape index (κ2) is 10.3. The van der Waals surface area contributed by atoms with Gasteiger partial charge in [-0.1, -0.05) is 42.1 Å². The van der Waals surface area contributed by atoms with E-state index in [1.54, 1.807) is 0 Å². The lowest BCUT2D eigenvalue weighted by Crippen LogP contribution is -2.47. The van der Waals surface area contributed by atoms with E-state index >= 15 is 0 Å². The van der Waals surface area contributed by atoms with E-state index in [1.165, 1.54) is 37.7 Å². The molecule has 0 atom stereocenters. The van der Waals surface area contributed by atoms with Crippen molar-refractivity contribution in [3.63, 3.8) is 0 Å². The van der Waals surface area contributed by atoms with Crippen LogP contribution < -0.4 is 4.90 Å². The largest absolute Gasteiger partial charge is 0.395 e. The molecule has 1 saturated heterocycles. The molecule has 186 valence electrons. The molecular formula is C29H33N5OS. The number of piperazine rings is 1. The third kappa shape index (κ3) is 4.76. The van der Waals surface area contributed by atoms with Crippen molar-refractivity contribution in [3.05, 3.63) is 66.9 Å². The summed E-state index contributed by atoms with van der Waals surface area (Å²) in [7, 11) is 1.97. The number of nitrogens with zero attached hydrogens (tertiary/aromatic N) is 5. The van der Waals surface area contributed by atoms with Gasteiger partial charge in [0.15, 0.2) is 0 Å². The lowest BCUT2D eigenvalue weighted by atomic mass is 10.0. The number of benzene rings is 3. The number of hydrogen-bond acceptors (Lipinski definition) is 6. The summed E-state index contributed by atoms with van der Waals surface area (Å²) in [6, 6.07) is 22.2. The molecule has 1 aromatic heterocycles. The van der Waals surface area contributed by atoms with Gasteiger partial charge < -0.3 is 14.9 Å². The Balaban J connectivity index is 1.23. The Labute approximate surface area is 217 Å². The van der Waals surface area contributed by atoms with Gasteiger partial charge in [-0.25, -0.2) is 0 Å². The van der Waals surface area contributed by atoms with E-state index in [1.807, 2.05) is 23.5 Å². The number of aliphatic hydroxyl groups excluding tert-OH is 1. The summed E-state index contributed by atoms with van der Waals surface area (Å²) in [6.45, 7) is 7.42. The molecular weight excluding hydrogens is 466 g/mol. The molecule has 0 saturated carbocycles. The van der Waals surface area contributed by atoms with Gasteiger partial charge in [0.05, 0.1) is 23.5 Å². The van der Waals surface area contributed by atoms with Gasteiger partial charge in [-0.15, -0.1) is 0 Å². The number of fused-ring (bicyclic) bond motifs is 3. The Morgan fingerprint density at radius 1 is 0.806 bits per heavy atom. The summed E-state index contributed by atoms with van der Waals surface area (Å²) in [4.78, 5) is 10.1. The first-order valence-corrected chi connectivity index (χ1v) is 13.7. The van der Waals surface area contributed by atoms with E-state index in [9.17, 15) is 5.11 Å². The molecule has 0 aliphatic carbocycles. The maximum atomic E-state index is 9.20. The molecule has 6 rings (SSSR count). The number of rotatable bonds is 7. The highest BCUT2D eigenvalue weighted by Gasteiger charge is 2.24. The Bertz CT molecular complexity index is 1360. The minimum absolute atomic E-state index is 0.253. The van der Waals surface area contributed by atoms with Crippen molar-refractivity contribution in [3.8, 4) is 11.1 Å². The van der Waals surface area contributed by atoms with Crippen molar-refractivity contribution in [2.75, 3.05) is 57.3 Å². The molecule has 6 nitrogen and oxygen atoms in total. The van der Waals surface area contributed by atoms with E-state index in [0.29, 0.717) is 0 Å². The Morgan fingerprint density at radius 2 is 1.53 bits per heavy atom. The molecule has 0 amide bonds. The molecule has 2 aliphatic heterocycles. The van der Waals surface area contributed by atoms with Crippen LogP contribution in [0.1, 0.15) is 6.42 Å². The quantitative estimate of drug-likeness (QED) is 0.393. The molecule has 4 aromatic rings. The summed E-state index contributed by atoms with van der Waals surface area (Å²) in [5.41, 5.74) is 6.06. The second-order valence-corrected chi connectivity index (χ2v) is 10.8. The molecule has 36 heavy (non-hydrogen) atoms. The fourth-order valence-electron chi connectivity index (χ4n) is 5.40. The van der Waals surface area contributed by atoms with Crippen molar-refractivity contribution in [2.24, 2.45) is 7.05 Å². The Hall–Kier alpha value is -2.84. The number of para-hydroxylation sites is 1. The van der Waals surface area contributed by atoms with E-state index in [4.69, 9.17) is 0 Å². The van der Waals surface area contributed by atoms with Crippen LogP contribution >= 0.6 is 11.8 Å². The highest BCUT2D eigenvalue weighted by atomic mass is 32.2. The lowest BCUT2D eigenvalue weighted by molar-refractivity contribution is 0.112. The summed E-state index contributed by atoms with van der Waals surface area (Å²) in [5, 5.41) is 15.0. The smallest absolute Gasteiger partial charge is 0.0929 e. The predicted octanol–water partition coefficient (Wildman–Crippen LogP) is 4.84. The predicted molar refractivity (Wildman–Crippen MR) is 148 cm³/mol. The molecule has 1 N–H and O–H groups in total. The van der Waals surface area contributed by atoms with Crippen molar-refractivity contribution < 1.29 is 5.11 Å². The van der Waals surface area contributed by atoms with Gasteiger partial charge in [-0.3, -0.25) is 9.58 Å². The molecule has 0 bridgehead atoms. The number of aryl methyl sites for hydroxylation is 1. The molecule has 1 fully saturated rings. The van der Waals surface area contributed by atoms with Crippen LogP contribution in [0.15, 0.2) is 76.7 Å². The summed E-state index contributed by atoms with van der Waals surface area (Å²) in [5.74, 6) is 0. The first kappa shape index (κ1) is 23.6. The topological polar surface area (TPSA) is 47.8 Å². The first-order chi connectivity index (χ1) is 17.7. The van der Waals surface area contributed by atoms with Crippen LogP contribution in [0.3, 0.4) is 0 Å². The summed E-state index contributed by atoms with van der Waals surface area (Å²) >= 11 is 1.87. The van der Waals surface area contributed by atoms with Crippen LogP contribution in [0, 0.1) is 0 Å².